The lowest BCUT2D eigenvalue weighted by Crippen LogP contribution is -2.43. The van der Waals surface area contributed by atoms with Crippen LogP contribution in [-0.4, -0.2) is 61.8 Å². The molecule has 0 saturated carbocycles. The molecule has 2 saturated heterocycles. The Morgan fingerprint density at radius 2 is 1.72 bits per heavy atom. The molecule has 0 atom stereocenters. The molecule has 11 heteroatoms. The molecule has 0 spiro atoms. The van der Waals surface area contributed by atoms with Gasteiger partial charge in [-0.15, -0.1) is 11.3 Å². The third kappa shape index (κ3) is 5.80. The number of fused-ring (bicyclic) bond motifs is 1. The molecule has 0 aliphatic carbocycles. The highest BCUT2D eigenvalue weighted by Crippen LogP contribution is 2.37. The number of benzene rings is 2. The van der Waals surface area contributed by atoms with Gasteiger partial charge in [-0.3, -0.25) is 4.72 Å². The van der Waals surface area contributed by atoms with Crippen molar-refractivity contribution in [1.29, 1.82) is 0 Å². The number of thiophene rings is 1. The van der Waals surface area contributed by atoms with E-state index in [-0.39, 0.29) is 0 Å². The number of aromatic nitrogens is 2. The molecule has 39 heavy (non-hydrogen) atoms. The normalized spacial score (nSPS) is 17.1. The number of rotatable bonds is 7. The molecule has 4 N–H and O–H groups in total. The van der Waals surface area contributed by atoms with Gasteiger partial charge >= 0.3 is 0 Å². The van der Waals surface area contributed by atoms with Crippen LogP contribution in [0.25, 0.3) is 21.3 Å². The fraction of sp³-hybridized carbons (Fsp3) is 0.357. The van der Waals surface area contributed by atoms with E-state index in [0.29, 0.717) is 17.5 Å². The molecule has 4 aromatic rings. The molecule has 2 aromatic heterocycles. The summed E-state index contributed by atoms with van der Waals surface area (Å²) in [7, 11) is -3.38. The van der Waals surface area contributed by atoms with Gasteiger partial charge in [-0.1, -0.05) is 12.1 Å². The predicted molar refractivity (Wildman–Crippen MR) is 161 cm³/mol. The van der Waals surface area contributed by atoms with Crippen LogP contribution in [-0.2, 0) is 10.0 Å². The number of nitrogens with zero attached hydrogens (tertiary/aromatic N) is 4. The van der Waals surface area contributed by atoms with Crippen molar-refractivity contribution in [1.82, 2.24) is 14.9 Å². The molecule has 0 radical (unpaired) electrons. The van der Waals surface area contributed by atoms with Crippen molar-refractivity contribution in [3.05, 3.63) is 53.9 Å². The number of hydrogen-bond acceptors (Lipinski definition) is 9. The summed E-state index contributed by atoms with van der Waals surface area (Å²) in [4.78, 5) is 14.4. The van der Waals surface area contributed by atoms with E-state index in [4.69, 9.17) is 10.7 Å². The smallest absolute Gasteiger partial charge is 0.229 e. The van der Waals surface area contributed by atoms with E-state index >= 15 is 0 Å². The van der Waals surface area contributed by atoms with Crippen LogP contribution >= 0.6 is 11.3 Å². The van der Waals surface area contributed by atoms with Crippen LogP contribution in [0.1, 0.15) is 25.7 Å². The maximum Gasteiger partial charge on any atom is 0.229 e. The van der Waals surface area contributed by atoms with E-state index in [1.165, 1.54) is 55.8 Å². The van der Waals surface area contributed by atoms with Gasteiger partial charge in [0.2, 0.25) is 16.0 Å². The van der Waals surface area contributed by atoms with E-state index in [1.807, 2.05) is 17.5 Å². The standard InChI is InChI=1S/C28H33N7O2S2/c1-39(36,37)33-21-6-4-5-19(17-21)24-18-38-26-25(24)31-28(32-27(26)29)30-20-7-9-22(10-8-20)35-15-11-23(12-16-35)34-13-2-3-14-34/h4-10,17-18,23,33H,2-3,11-16H2,1H3,(H3,29,30,31,32). The second-order valence-electron chi connectivity index (χ2n) is 10.3. The molecule has 204 valence electrons. The SMILES string of the molecule is CS(=O)(=O)Nc1cccc(-c2csc3c(N)nc(Nc4ccc(N5CCC(N6CCCC6)CC5)cc4)nc23)c1. The average Bonchev–Trinajstić information content (AvgIpc) is 3.60. The summed E-state index contributed by atoms with van der Waals surface area (Å²) < 4.78 is 26.7. The lowest BCUT2D eigenvalue weighted by atomic mass is 10.0. The van der Waals surface area contributed by atoms with Crippen molar-refractivity contribution in [2.45, 2.75) is 31.7 Å². The van der Waals surface area contributed by atoms with Crippen molar-refractivity contribution in [2.75, 3.05) is 53.1 Å². The van der Waals surface area contributed by atoms with Crippen molar-refractivity contribution < 1.29 is 8.42 Å². The van der Waals surface area contributed by atoms with Gasteiger partial charge in [0.15, 0.2) is 0 Å². The van der Waals surface area contributed by atoms with E-state index in [1.54, 1.807) is 12.1 Å². The number of nitrogens with two attached hydrogens (primary N) is 1. The van der Waals surface area contributed by atoms with Crippen LogP contribution in [0.5, 0.6) is 0 Å². The van der Waals surface area contributed by atoms with Crippen molar-refractivity contribution in [3.63, 3.8) is 0 Å². The second-order valence-corrected chi connectivity index (χ2v) is 13.0. The summed E-state index contributed by atoms with van der Waals surface area (Å²) >= 11 is 1.47. The van der Waals surface area contributed by atoms with Crippen LogP contribution in [0.3, 0.4) is 0 Å². The van der Waals surface area contributed by atoms with Crippen molar-refractivity contribution >= 4 is 60.4 Å². The molecule has 0 bridgehead atoms. The number of hydrogen-bond donors (Lipinski definition) is 3. The van der Waals surface area contributed by atoms with Crippen LogP contribution in [0.4, 0.5) is 28.8 Å². The van der Waals surface area contributed by atoms with E-state index in [0.717, 1.165) is 52.4 Å². The summed E-state index contributed by atoms with van der Waals surface area (Å²) in [5.74, 6) is 0.825. The zero-order valence-electron chi connectivity index (χ0n) is 21.9. The monoisotopic (exact) mass is 563 g/mol. The first-order valence-electron chi connectivity index (χ1n) is 13.3. The fourth-order valence-electron chi connectivity index (χ4n) is 5.65. The topological polar surface area (TPSA) is 116 Å². The van der Waals surface area contributed by atoms with Gasteiger partial charge in [-0.05, 0) is 80.7 Å². The number of nitrogen functional groups attached to an aromatic ring is 1. The highest BCUT2D eigenvalue weighted by atomic mass is 32.2. The summed E-state index contributed by atoms with van der Waals surface area (Å²) in [5.41, 5.74) is 11.4. The van der Waals surface area contributed by atoms with Gasteiger partial charge in [-0.25, -0.2) is 13.4 Å². The molecule has 0 amide bonds. The lowest BCUT2D eigenvalue weighted by molar-refractivity contribution is 0.208. The van der Waals surface area contributed by atoms with Crippen LogP contribution in [0.15, 0.2) is 53.9 Å². The number of piperidine rings is 1. The fourth-order valence-corrected chi connectivity index (χ4v) is 7.12. The number of anilines is 5. The first-order valence-corrected chi connectivity index (χ1v) is 16.1. The minimum Gasteiger partial charge on any atom is -0.382 e. The van der Waals surface area contributed by atoms with E-state index in [9.17, 15) is 8.42 Å². The Bertz CT molecular complexity index is 1570. The molecule has 2 aromatic carbocycles. The molecule has 6 rings (SSSR count). The molecule has 2 fully saturated rings. The lowest BCUT2D eigenvalue weighted by Gasteiger charge is -2.37. The first-order chi connectivity index (χ1) is 18.8. The third-order valence-corrected chi connectivity index (χ3v) is 9.13. The Balaban J connectivity index is 1.18. The van der Waals surface area contributed by atoms with Crippen LogP contribution in [0, 0.1) is 0 Å². The van der Waals surface area contributed by atoms with Crippen molar-refractivity contribution in [2.24, 2.45) is 0 Å². The molecular formula is C28H33N7O2S2. The van der Waals surface area contributed by atoms with Gasteiger partial charge in [0.25, 0.3) is 0 Å². The molecule has 2 aliphatic heterocycles. The van der Waals surface area contributed by atoms with E-state index in [2.05, 4.69) is 49.1 Å². The molecular weight excluding hydrogens is 530 g/mol. The van der Waals surface area contributed by atoms with Gasteiger partial charge in [-0.2, -0.15) is 4.98 Å². The zero-order valence-corrected chi connectivity index (χ0v) is 23.6. The van der Waals surface area contributed by atoms with Crippen LogP contribution in [0.2, 0.25) is 0 Å². The van der Waals surface area contributed by atoms with Crippen LogP contribution < -0.4 is 20.7 Å². The summed E-state index contributed by atoms with van der Waals surface area (Å²) in [6.07, 6.45) is 6.28. The first kappa shape index (κ1) is 25.8. The highest BCUT2D eigenvalue weighted by molar-refractivity contribution is 7.92. The van der Waals surface area contributed by atoms with Gasteiger partial charge in [0, 0.05) is 47.1 Å². The Morgan fingerprint density at radius 3 is 2.44 bits per heavy atom. The van der Waals surface area contributed by atoms with E-state index < -0.39 is 10.0 Å². The average molecular weight is 564 g/mol. The third-order valence-electron chi connectivity index (χ3n) is 7.53. The summed E-state index contributed by atoms with van der Waals surface area (Å²) in [6, 6.07) is 16.4. The Labute approximate surface area is 233 Å². The molecule has 0 unspecified atom stereocenters. The van der Waals surface area contributed by atoms with Gasteiger partial charge in [0.05, 0.1) is 16.5 Å². The molecule has 2 aliphatic rings. The highest BCUT2D eigenvalue weighted by Gasteiger charge is 2.26. The summed E-state index contributed by atoms with van der Waals surface area (Å²) in [5, 5.41) is 5.28. The minimum absolute atomic E-state index is 0.404. The molecule has 9 nitrogen and oxygen atoms in total. The predicted octanol–water partition coefficient (Wildman–Crippen LogP) is 5.12. The maximum absolute atomic E-state index is 11.7. The Kier molecular flexibility index (Phi) is 7.05. The minimum atomic E-state index is -3.38. The van der Waals surface area contributed by atoms with Gasteiger partial charge < -0.3 is 20.9 Å². The number of likely N-dealkylation sites (tertiary alicyclic amines) is 1. The quantitative estimate of drug-likeness (QED) is 0.284. The zero-order chi connectivity index (χ0) is 27.0. The largest absolute Gasteiger partial charge is 0.382 e. The second kappa shape index (κ2) is 10.6. The summed E-state index contributed by atoms with van der Waals surface area (Å²) in [6.45, 7) is 4.71. The maximum atomic E-state index is 11.7. The Morgan fingerprint density at radius 1 is 0.974 bits per heavy atom. The van der Waals surface area contributed by atoms with Crippen molar-refractivity contribution in [3.8, 4) is 11.1 Å². The molecule has 4 heterocycles. The number of sulfonamides is 1. The number of nitrogens with one attached hydrogen (secondary N) is 2. The van der Waals surface area contributed by atoms with Gasteiger partial charge in [0.1, 0.15) is 5.82 Å². The Hall–Kier alpha value is -3.41.